The van der Waals surface area contributed by atoms with Crippen molar-refractivity contribution in [3.63, 3.8) is 0 Å². The third kappa shape index (κ3) is 9.94. The molecule has 0 saturated carbocycles. The third-order valence-corrected chi connectivity index (χ3v) is 10.2. The minimum Gasteiger partial charge on any atom is -0.496 e. The number of esters is 1. The summed E-state index contributed by atoms with van der Waals surface area (Å²) in [6.45, 7) is 5.62. The highest BCUT2D eigenvalue weighted by atomic mass is 31.1. The summed E-state index contributed by atoms with van der Waals surface area (Å²) in [6.07, 6.45) is 4.90. The maximum absolute atomic E-state index is 14.3. The molecule has 0 spiro atoms. The van der Waals surface area contributed by atoms with Crippen LogP contribution in [-0.2, 0) is 36.8 Å². The van der Waals surface area contributed by atoms with E-state index in [9.17, 15) is 19.2 Å². The molecule has 56 heavy (non-hydrogen) atoms. The molecule has 296 valence electrons. The summed E-state index contributed by atoms with van der Waals surface area (Å²) in [6, 6.07) is 16.8. The average Bonchev–Trinajstić information content (AvgIpc) is 3.17. The van der Waals surface area contributed by atoms with Crippen molar-refractivity contribution >= 4 is 59.3 Å². The molecule has 0 aromatic heterocycles. The van der Waals surface area contributed by atoms with Crippen LogP contribution in [0.25, 0.3) is 32.7 Å². The topological polar surface area (TPSA) is 182 Å². The highest BCUT2D eigenvalue weighted by Gasteiger charge is 2.31. The van der Waals surface area contributed by atoms with E-state index in [0.717, 1.165) is 38.2 Å². The quantitative estimate of drug-likeness (QED) is 0.0401. The molecule has 4 aromatic carbocycles. The van der Waals surface area contributed by atoms with E-state index in [4.69, 9.17) is 19.9 Å². The summed E-state index contributed by atoms with van der Waals surface area (Å²) in [5.74, 6) is -0.800. The number of hydrogen-bond acceptors (Lipinski definition) is 8. The number of aliphatic imine (C=N–C) groups is 1. The van der Waals surface area contributed by atoms with Crippen LogP contribution in [-0.4, -0.2) is 89.0 Å². The Bertz CT molecular complexity index is 2150. The lowest BCUT2D eigenvalue weighted by Crippen LogP contribution is -2.56. The number of benzene rings is 4. The Balaban J connectivity index is 1.70. The van der Waals surface area contributed by atoms with Crippen molar-refractivity contribution in [1.82, 2.24) is 21.0 Å². The van der Waals surface area contributed by atoms with E-state index in [0.29, 0.717) is 35.9 Å². The zero-order valence-corrected chi connectivity index (χ0v) is 33.6. The van der Waals surface area contributed by atoms with Crippen LogP contribution >= 0.6 is 8.07 Å². The van der Waals surface area contributed by atoms with E-state index in [1.165, 1.54) is 14.0 Å². The predicted octanol–water partition coefficient (Wildman–Crippen LogP) is 4.71. The summed E-state index contributed by atoms with van der Waals surface area (Å²) in [5, 5.41) is 15.3. The molecule has 1 unspecified atom stereocenters. The van der Waals surface area contributed by atoms with E-state index in [2.05, 4.69) is 32.1 Å². The summed E-state index contributed by atoms with van der Waals surface area (Å²) >= 11 is 0. The molecule has 3 atom stereocenters. The van der Waals surface area contributed by atoms with E-state index < -0.39 is 49.9 Å². The van der Waals surface area contributed by atoms with Gasteiger partial charge in [-0.2, -0.15) is 0 Å². The Morgan fingerprint density at radius 3 is 2.07 bits per heavy atom. The molecule has 13 nitrogen and oxygen atoms in total. The van der Waals surface area contributed by atoms with Gasteiger partial charge in [0.15, 0.2) is 5.96 Å². The Morgan fingerprint density at radius 2 is 1.48 bits per heavy atom. The zero-order chi connectivity index (χ0) is 40.4. The number of guanidine groups is 1. The number of nitrogens with two attached hydrogens (primary N) is 1. The standard InChI is InChI=1S/C42H51N6O7P/c1-25(49)45-34-24-29-23-27-15-8-11-18-31(27)36(38(29)54-3)35-30-17-10-7-14-26(30)22-28(37(35)53-2)16-9-12-19-33(41(52)55-4)47-39(50)32(46-40(34)51)20-13-21-44-42(43)48-56(5)6/h7-12,14-15,17-18,22-23,32-34H,13,16,19-21,24H2,1-6H3,(H,45,49)(H,46,51)(H,47,50)(H3,43,44,48)/t32-,33+,34?/m1/s1. The first-order valence-corrected chi connectivity index (χ1v) is 20.7. The fraction of sp³-hybridized carbons (Fsp3) is 0.357. The Morgan fingerprint density at radius 1 is 0.875 bits per heavy atom. The van der Waals surface area contributed by atoms with Crippen LogP contribution in [0.3, 0.4) is 0 Å². The van der Waals surface area contributed by atoms with Crippen molar-refractivity contribution in [2.45, 2.75) is 57.2 Å². The van der Waals surface area contributed by atoms with Gasteiger partial charge in [0.25, 0.3) is 0 Å². The van der Waals surface area contributed by atoms with Gasteiger partial charge in [-0.3, -0.25) is 19.4 Å². The second kappa shape index (κ2) is 19.3. The van der Waals surface area contributed by atoms with Crippen molar-refractivity contribution in [2.75, 3.05) is 41.2 Å². The van der Waals surface area contributed by atoms with Gasteiger partial charge < -0.3 is 41.0 Å². The minimum absolute atomic E-state index is 0.0255. The number of amides is 3. The smallest absolute Gasteiger partial charge is 0.328 e. The molecule has 0 aliphatic carbocycles. The van der Waals surface area contributed by atoms with Gasteiger partial charge in [0, 0.05) is 31.0 Å². The van der Waals surface area contributed by atoms with Gasteiger partial charge in [-0.25, -0.2) is 4.79 Å². The van der Waals surface area contributed by atoms with Crippen LogP contribution in [0.2, 0.25) is 0 Å². The van der Waals surface area contributed by atoms with Crippen molar-refractivity contribution in [1.29, 1.82) is 0 Å². The molecule has 14 heteroatoms. The fourth-order valence-corrected chi connectivity index (χ4v) is 7.61. The lowest BCUT2D eigenvalue weighted by molar-refractivity contribution is -0.145. The summed E-state index contributed by atoms with van der Waals surface area (Å²) < 4.78 is 17.5. The van der Waals surface area contributed by atoms with E-state index >= 15 is 0 Å². The molecule has 1 heterocycles. The Hall–Kier alpha value is -5.68. The number of rotatable bonds is 9. The Kier molecular flexibility index (Phi) is 14.3. The van der Waals surface area contributed by atoms with Crippen molar-refractivity contribution in [2.24, 2.45) is 10.7 Å². The predicted molar refractivity (Wildman–Crippen MR) is 222 cm³/mol. The largest absolute Gasteiger partial charge is 0.496 e. The zero-order valence-electron chi connectivity index (χ0n) is 32.7. The monoisotopic (exact) mass is 782 g/mol. The van der Waals surface area contributed by atoms with Crippen LogP contribution in [0.1, 0.15) is 37.3 Å². The van der Waals surface area contributed by atoms with Crippen LogP contribution in [0.4, 0.5) is 0 Å². The number of fused-ring (bicyclic) bond motifs is 9. The normalized spacial score (nSPS) is 18.1. The number of hydrogen-bond donors (Lipinski definition) is 5. The van der Waals surface area contributed by atoms with Gasteiger partial charge in [0.1, 0.15) is 29.6 Å². The number of carbonyl (C=O) groups excluding carboxylic acids is 4. The summed E-state index contributed by atoms with van der Waals surface area (Å²) in [4.78, 5) is 58.2. The minimum atomic E-state index is -1.11. The second-order valence-electron chi connectivity index (χ2n) is 13.8. The van der Waals surface area contributed by atoms with Gasteiger partial charge in [-0.15, -0.1) is 0 Å². The number of ether oxygens (including phenoxy) is 3. The molecule has 6 N–H and O–H groups in total. The van der Waals surface area contributed by atoms with Crippen molar-refractivity contribution < 1.29 is 33.4 Å². The lowest BCUT2D eigenvalue weighted by atomic mass is 9.87. The van der Waals surface area contributed by atoms with Gasteiger partial charge in [0.2, 0.25) is 17.7 Å². The highest BCUT2D eigenvalue weighted by Crippen LogP contribution is 2.48. The van der Waals surface area contributed by atoms with Crippen LogP contribution in [0, 0.1) is 0 Å². The summed E-state index contributed by atoms with van der Waals surface area (Å²) in [7, 11) is 3.95. The molecule has 1 aliphatic rings. The van der Waals surface area contributed by atoms with Crippen LogP contribution in [0.5, 0.6) is 11.5 Å². The Labute approximate surface area is 328 Å². The van der Waals surface area contributed by atoms with Gasteiger partial charge in [-0.1, -0.05) is 60.7 Å². The van der Waals surface area contributed by atoms with Crippen LogP contribution < -0.4 is 36.2 Å². The van der Waals surface area contributed by atoms with Crippen molar-refractivity contribution in [3.8, 4) is 22.6 Å². The number of carbonyl (C=O) groups is 4. The molecule has 4 bridgehead atoms. The highest BCUT2D eigenvalue weighted by molar-refractivity contribution is 7.54. The SMILES string of the molecule is COC(=O)[C@@H]1CC=CCc2cc3ccccc3c(c2OC)-c2c(OC)c(cc3ccccc23)CC(NC(C)=O)C(=O)N[C@H](CCCN=C(N)NP(C)C)C(=O)N1. The molecular formula is C42H51N6O7P. The number of nitrogens with zero attached hydrogens (tertiary/aromatic N) is 1. The first-order chi connectivity index (χ1) is 26.9. The van der Waals surface area contributed by atoms with E-state index in [-0.39, 0.29) is 25.8 Å². The third-order valence-electron chi connectivity index (χ3n) is 9.52. The summed E-state index contributed by atoms with van der Waals surface area (Å²) in [5.41, 5.74) is 9.14. The number of allylic oxidation sites excluding steroid dienone is 1. The second-order valence-corrected chi connectivity index (χ2v) is 15.8. The number of nitrogens with one attached hydrogen (secondary N) is 4. The van der Waals surface area contributed by atoms with E-state index in [1.807, 2.05) is 80.1 Å². The molecule has 5 rings (SSSR count). The first kappa shape index (κ1) is 41.5. The van der Waals surface area contributed by atoms with Crippen molar-refractivity contribution in [3.05, 3.63) is 83.9 Å². The molecule has 0 saturated heterocycles. The first-order valence-electron chi connectivity index (χ1n) is 18.5. The molecule has 3 amide bonds. The maximum atomic E-state index is 14.3. The van der Waals surface area contributed by atoms with Crippen LogP contribution in [0.15, 0.2) is 77.8 Å². The van der Waals surface area contributed by atoms with Gasteiger partial charge in [-0.05, 0) is 91.9 Å². The lowest BCUT2D eigenvalue weighted by Gasteiger charge is -2.26. The van der Waals surface area contributed by atoms with E-state index in [1.54, 1.807) is 14.2 Å². The van der Waals surface area contributed by atoms with Gasteiger partial charge >= 0.3 is 5.97 Å². The number of methoxy groups -OCH3 is 3. The molecule has 0 fully saturated rings. The van der Waals surface area contributed by atoms with Gasteiger partial charge in [0.05, 0.1) is 21.3 Å². The molecule has 1 aliphatic heterocycles. The fourth-order valence-electron chi connectivity index (χ4n) is 7.09. The molecule has 0 radical (unpaired) electrons. The maximum Gasteiger partial charge on any atom is 0.328 e. The average molecular weight is 783 g/mol. The molecule has 4 aromatic rings. The molecular weight excluding hydrogens is 731 g/mol.